The Balaban J connectivity index is 1.29. The normalized spacial score (nSPS) is 11.5. The van der Waals surface area contributed by atoms with Crippen molar-refractivity contribution in [2.75, 3.05) is 7.11 Å². The minimum atomic E-state index is -0.499. The van der Waals surface area contributed by atoms with Crippen molar-refractivity contribution in [3.8, 4) is 11.5 Å². The summed E-state index contributed by atoms with van der Waals surface area (Å²) in [7, 11) is 1.63. The van der Waals surface area contributed by atoms with E-state index in [0.717, 1.165) is 28.2 Å². The zero-order valence-electron chi connectivity index (χ0n) is 21.0. The van der Waals surface area contributed by atoms with Crippen molar-refractivity contribution in [1.29, 1.82) is 0 Å². The van der Waals surface area contributed by atoms with Crippen molar-refractivity contribution in [3.63, 3.8) is 0 Å². The molecular formula is C31H29N3O4. The fourth-order valence-corrected chi connectivity index (χ4v) is 3.72. The van der Waals surface area contributed by atoms with E-state index in [4.69, 9.17) is 9.47 Å². The molecule has 0 unspecified atom stereocenters. The average Bonchev–Trinajstić information content (AvgIpc) is 2.97. The zero-order chi connectivity index (χ0) is 26.6. The third kappa shape index (κ3) is 7.80. The van der Waals surface area contributed by atoms with Gasteiger partial charge in [0.2, 0.25) is 5.91 Å². The van der Waals surface area contributed by atoms with Crippen LogP contribution in [0.5, 0.6) is 11.5 Å². The van der Waals surface area contributed by atoms with Gasteiger partial charge in [0.15, 0.2) is 0 Å². The molecule has 4 rings (SSSR count). The maximum atomic E-state index is 12.7. The van der Waals surface area contributed by atoms with E-state index in [1.807, 2.05) is 84.9 Å². The van der Waals surface area contributed by atoms with Crippen LogP contribution in [0.2, 0.25) is 0 Å². The lowest BCUT2D eigenvalue weighted by molar-refractivity contribution is -0.121. The first-order chi connectivity index (χ1) is 18.6. The van der Waals surface area contributed by atoms with Crippen LogP contribution in [0.25, 0.3) is 0 Å². The van der Waals surface area contributed by atoms with Gasteiger partial charge in [-0.25, -0.2) is 5.43 Å². The highest BCUT2D eigenvalue weighted by Crippen LogP contribution is 2.18. The minimum absolute atomic E-state index is 0.0397. The summed E-state index contributed by atoms with van der Waals surface area (Å²) in [6.45, 7) is 0.441. The summed E-state index contributed by atoms with van der Waals surface area (Å²) >= 11 is 0. The third-order valence-electron chi connectivity index (χ3n) is 5.78. The van der Waals surface area contributed by atoms with Crippen LogP contribution >= 0.6 is 0 Å². The molecule has 0 aromatic heterocycles. The van der Waals surface area contributed by atoms with Crippen molar-refractivity contribution in [2.45, 2.75) is 19.1 Å². The van der Waals surface area contributed by atoms with E-state index < -0.39 is 6.04 Å². The van der Waals surface area contributed by atoms with Crippen LogP contribution in [0.4, 0.5) is 0 Å². The summed E-state index contributed by atoms with van der Waals surface area (Å²) in [5.74, 6) is 0.965. The first-order valence-corrected chi connectivity index (χ1v) is 12.2. The molecule has 0 bridgehead atoms. The molecule has 7 heteroatoms. The molecule has 0 saturated heterocycles. The standard InChI is InChI=1S/C31H29N3O4/c1-37-27-16-14-24(15-17-27)22-38-28-18-12-23(13-19-28)21-32-34-30(35)20-29(25-8-4-2-5-9-25)33-31(36)26-10-6-3-7-11-26/h2-19,21,29H,20,22H2,1H3,(H,33,36)(H,34,35)/b32-21-/t29-/m1/s1. The molecule has 0 spiro atoms. The fraction of sp³-hybridized carbons (Fsp3) is 0.129. The third-order valence-corrected chi connectivity index (χ3v) is 5.78. The molecule has 0 heterocycles. The molecule has 0 aliphatic rings. The Labute approximate surface area is 222 Å². The van der Waals surface area contributed by atoms with E-state index in [1.165, 1.54) is 0 Å². The molecular weight excluding hydrogens is 478 g/mol. The summed E-state index contributed by atoms with van der Waals surface area (Å²) in [5.41, 5.74) is 5.76. The topological polar surface area (TPSA) is 89.0 Å². The number of benzene rings is 4. The van der Waals surface area contributed by atoms with Crippen molar-refractivity contribution < 1.29 is 19.1 Å². The van der Waals surface area contributed by atoms with Crippen LogP contribution in [-0.4, -0.2) is 25.1 Å². The number of hydrogen-bond acceptors (Lipinski definition) is 5. The smallest absolute Gasteiger partial charge is 0.251 e. The number of hydrazone groups is 1. The average molecular weight is 508 g/mol. The number of rotatable bonds is 11. The Hall–Kier alpha value is -4.91. The molecule has 0 aliphatic heterocycles. The first-order valence-electron chi connectivity index (χ1n) is 12.2. The molecule has 4 aromatic carbocycles. The van der Waals surface area contributed by atoms with E-state index in [-0.39, 0.29) is 18.2 Å². The van der Waals surface area contributed by atoms with Crippen LogP contribution in [0.3, 0.4) is 0 Å². The maximum absolute atomic E-state index is 12.7. The van der Waals surface area contributed by atoms with Gasteiger partial charge < -0.3 is 14.8 Å². The SMILES string of the molecule is COc1ccc(COc2ccc(/C=N\NC(=O)C[C@@H](NC(=O)c3ccccc3)c3ccccc3)cc2)cc1. The molecule has 2 N–H and O–H groups in total. The highest BCUT2D eigenvalue weighted by Gasteiger charge is 2.19. The van der Waals surface area contributed by atoms with Gasteiger partial charge in [-0.15, -0.1) is 0 Å². The Bertz CT molecular complexity index is 1340. The van der Waals surface area contributed by atoms with Gasteiger partial charge in [0.05, 0.1) is 25.8 Å². The molecule has 0 saturated carbocycles. The predicted molar refractivity (Wildman–Crippen MR) is 147 cm³/mol. The molecule has 0 radical (unpaired) electrons. The number of ether oxygens (including phenoxy) is 2. The lowest BCUT2D eigenvalue weighted by Crippen LogP contribution is -2.32. The lowest BCUT2D eigenvalue weighted by Gasteiger charge is -2.18. The Morgan fingerprint density at radius 3 is 2.11 bits per heavy atom. The van der Waals surface area contributed by atoms with Gasteiger partial charge in [0, 0.05) is 5.56 Å². The van der Waals surface area contributed by atoms with E-state index >= 15 is 0 Å². The summed E-state index contributed by atoms with van der Waals surface area (Å²) in [6, 6.07) is 32.9. The molecule has 0 aliphatic carbocycles. The van der Waals surface area contributed by atoms with Gasteiger partial charge in [-0.1, -0.05) is 60.7 Å². The fourth-order valence-electron chi connectivity index (χ4n) is 3.72. The van der Waals surface area contributed by atoms with E-state index in [9.17, 15) is 9.59 Å². The molecule has 38 heavy (non-hydrogen) atoms. The minimum Gasteiger partial charge on any atom is -0.497 e. The Kier molecular flexibility index (Phi) is 9.23. The van der Waals surface area contributed by atoms with Crippen LogP contribution < -0.4 is 20.2 Å². The van der Waals surface area contributed by atoms with Gasteiger partial charge in [-0.2, -0.15) is 5.10 Å². The maximum Gasteiger partial charge on any atom is 0.251 e. The van der Waals surface area contributed by atoms with Crippen molar-refractivity contribution in [3.05, 3.63) is 131 Å². The number of amides is 2. The van der Waals surface area contributed by atoms with E-state index in [0.29, 0.717) is 12.2 Å². The van der Waals surface area contributed by atoms with Crippen molar-refractivity contribution in [2.24, 2.45) is 5.10 Å². The summed E-state index contributed by atoms with van der Waals surface area (Å²) < 4.78 is 11.0. The second-order valence-electron chi connectivity index (χ2n) is 8.51. The zero-order valence-corrected chi connectivity index (χ0v) is 21.0. The first kappa shape index (κ1) is 26.2. The van der Waals surface area contributed by atoms with Gasteiger partial charge in [0.1, 0.15) is 18.1 Å². The number of hydrogen-bond donors (Lipinski definition) is 2. The molecule has 2 amide bonds. The highest BCUT2D eigenvalue weighted by atomic mass is 16.5. The largest absolute Gasteiger partial charge is 0.497 e. The monoisotopic (exact) mass is 507 g/mol. The quantitative estimate of drug-likeness (QED) is 0.213. The molecule has 0 fully saturated rings. The summed E-state index contributed by atoms with van der Waals surface area (Å²) in [4.78, 5) is 25.3. The van der Waals surface area contributed by atoms with Crippen molar-refractivity contribution in [1.82, 2.24) is 10.7 Å². The van der Waals surface area contributed by atoms with Crippen LogP contribution in [0.15, 0.2) is 114 Å². The number of nitrogens with one attached hydrogen (secondary N) is 2. The summed E-state index contributed by atoms with van der Waals surface area (Å²) in [5, 5.41) is 7.03. The van der Waals surface area contributed by atoms with Gasteiger partial charge in [0.25, 0.3) is 5.91 Å². The molecule has 4 aromatic rings. The summed E-state index contributed by atoms with van der Waals surface area (Å²) in [6.07, 6.45) is 1.60. The number of carbonyl (C=O) groups is 2. The van der Waals surface area contributed by atoms with Gasteiger partial charge >= 0.3 is 0 Å². The van der Waals surface area contributed by atoms with Crippen LogP contribution in [-0.2, 0) is 11.4 Å². The Morgan fingerprint density at radius 2 is 1.45 bits per heavy atom. The highest BCUT2D eigenvalue weighted by molar-refractivity contribution is 5.94. The molecule has 7 nitrogen and oxygen atoms in total. The lowest BCUT2D eigenvalue weighted by atomic mass is 10.0. The second kappa shape index (κ2) is 13.4. The predicted octanol–water partition coefficient (Wildman–Crippen LogP) is 5.29. The number of carbonyl (C=O) groups excluding carboxylic acids is 2. The van der Waals surface area contributed by atoms with E-state index in [2.05, 4.69) is 15.8 Å². The second-order valence-corrected chi connectivity index (χ2v) is 8.51. The molecule has 192 valence electrons. The van der Waals surface area contributed by atoms with Gasteiger partial charge in [-0.05, 0) is 65.2 Å². The molecule has 1 atom stereocenters. The van der Waals surface area contributed by atoms with Gasteiger partial charge in [-0.3, -0.25) is 9.59 Å². The Morgan fingerprint density at radius 1 is 0.816 bits per heavy atom. The van der Waals surface area contributed by atoms with E-state index in [1.54, 1.807) is 37.6 Å². The van der Waals surface area contributed by atoms with Crippen molar-refractivity contribution >= 4 is 18.0 Å². The number of methoxy groups -OCH3 is 1. The van der Waals surface area contributed by atoms with Crippen LogP contribution in [0.1, 0.15) is 39.5 Å². The van der Waals surface area contributed by atoms with Crippen LogP contribution in [0, 0.1) is 0 Å². The number of nitrogens with zero attached hydrogens (tertiary/aromatic N) is 1.